The molecule has 0 saturated carbocycles. The number of benzene rings is 1. The number of hydrogen-bond donors (Lipinski definition) is 5. The third kappa shape index (κ3) is 4.80. The van der Waals surface area contributed by atoms with Gasteiger partial charge in [0.15, 0.2) is 6.10 Å². The number of carboxylic acid groups (broad SMARTS) is 2. The van der Waals surface area contributed by atoms with Crippen molar-refractivity contribution in [1.29, 1.82) is 0 Å². The molecule has 1 fully saturated rings. The maximum atomic E-state index is 12.8. The normalized spacial score (nSPS) is 20.1. The van der Waals surface area contributed by atoms with E-state index in [1.165, 1.54) is 23.9 Å². The highest BCUT2D eigenvalue weighted by molar-refractivity contribution is 8.01. The molecule has 3 atom stereocenters. The Morgan fingerprint density at radius 2 is 2.03 bits per heavy atom. The summed E-state index contributed by atoms with van der Waals surface area (Å²) in [6, 6.07) is 5.27. The summed E-state index contributed by atoms with van der Waals surface area (Å²) >= 11 is 2.30. The van der Waals surface area contributed by atoms with Crippen molar-refractivity contribution < 1.29 is 34.5 Å². The molecule has 0 radical (unpaired) electrons. The number of anilines is 1. The molecule has 16 heteroatoms. The predicted molar refractivity (Wildman–Crippen MR) is 122 cm³/mol. The number of aromatic nitrogens is 4. The molecule has 14 nitrogen and oxygen atoms in total. The Kier molecular flexibility index (Phi) is 6.95. The van der Waals surface area contributed by atoms with Gasteiger partial charge in [-0.05, 0) is 22.1 Å². The second-order valence-electron chi connectivity index (χ2n) is 7.49. The number of nitrogen functional groups attached to an aromatic ring is 1. The third-order valence-electron chi connectivity index (χ3n) is 5.25. The number of aliphatic hydroxyl groups is 1. The topological polar surface area (TPSA) is 214 Å². The first-order valence-corrected chi connectivity index (χ1v) is 12.1. The van der Waals surface area contributed by atoms with E-state index in [0.29, 0.717) is 5.57 Å². The van der Waals surface area contributed by atoms with Gasteiger partial charge in [0.2, 0.25) is 5.16 Å². The van der Waals surface area contributed by atoms with Crippen LogP contribution < -0.4 is 11.1 Å². The van der Waals surface area contributed by atoms with E-state index in [4.69, 9.17) is 10.8 Å². The first-order chi connectivity index (χ1) is 16.7. The average molecular weight is 522 g/mol. The summed E-state index contributed by atoms with van der Waals surface area (Å²) in [5.41, 5.74) is 6.43. The molecule has 2 amide bonds. The number of rotatable bonds is 9. The maximum Gasteiger partial charge on any atom is 0.352 e. The second kappa shape index (κ2) is 9.93. The van der Waals surface area contributed by atoms with Crippen LogP contribution in [0.1, 0.15) is 11.7 Å². The quantitative estimate of drug-likeness (QED) is 0.151. The molecule has 4 rings (SSSR count). The summed E-state index contributed by atoms with van der Waals surface area (Å²) in [6.45, 7) is -0.455. The van der Waals surface area contributed by atoms with Crippen molar-refractivity contribution in [2.75, 3.05) is 17.2 Å². The lowest BCUT2D eigenvalue weighted by molar-refractivity contribution is -0.151. The monoisotopic (exact) mass is 521 g/mol. The number of nitrogens with two attached hydrogens (primary N) is 1. The molecule has 184 valence electrons. The van der Waals surface area contributed by atoms with Crippen LogP contribution in [0.4, 0.5) is 5.69 Å². The van der Waals surface area contributed by atoms with Crippen LogP contribution in [-0.2, 0) is 25.7 Å². The number of carboxylic acids is 2. The van der Waals surface area contributed by atoms with Gasteiger partial charge in [-0.1, -0.05) is 30.0 Å². The molecule has 2 aliphatic heterocycles. The zero-order valence-electron chi connectivity index (χ0n) is 17.8. The number of aliphatic carboxylic acids is 2. The van der Waals surface area contributed by atoms with Gasteiger partial charge in [-0.15, -0.1) is 16.9 Å². The molecule has 6 N–H and O–H groups in total. The highest BCUT2D eigenvalue weighted by Crippen LogP contribution is 2.41. The zero-order valence-corrected chi connectivity index (χ0v) is 19.4. The Hall–Kier alpha value is -3.63. The van der Waals surface area contributed by atoms with E-state index in [1.54, 1.807) is 12.1 Å². The van der Waals surface area contributed by atoms with Crippen LogP contribution >= 0.6 is 23.5 Å². The predicted octanol–water partition coefficient (Wildman–Crippen LogP) is -1.10. The van der Waals surface area contributed by atoms with E-state index in [9.17, 15) is 29.4 Å². The van der Waals surface area contributed by atoms with E-state index >= 15 is 0 Å². The minimum absolute atomic E-state index is 0.105. The lowest BCUT2D eigenvalue weighted by Crippen LogP contribution is -2.70. The van der Waals surface area contributed by atoms with Gasteiger partial charge in [0.05, 0.1) is 0 Å². The zero-order chi connectivity index (χ0) is 25.3. The van der Waals surface area contributed by atoms with Crippen LogP contribution in [0.25, 0.3) is 0 Å². The van der Waals surface area contributed by atoms with E-state index in [1.807, 2.05) is 0 Å². The number of hydrogen-bond acceptors (Lipinski definition) is 11. The summed E-state index contributed by atoms with van der Waals surface area (Å²) in [5.74, 6) is -3.56. The van der Waals surface area contributed by atoms with Crippen molar-refractivity contribution in [3.8, 4) is 0 Å². The van der Waals surface area contributed by atoms with Gasteiger partial charge in [0.25, 0.3) is 11.8 Å². The minimum Gasteiger partial charge on any atom is -0.480 e. The number of carbonyl (C=O) groups is 4. The number of tetrazole rings is 1. The van der Waals surface area contributed by atoms with Crippen molar-refractivity contribution in [2.45, 2.75) is 29.2 Å². The molecule has 1 saturated heterocycles. The number of fused-ring (bicyclic) bond motifs is 1. The Morgan fingerprint density at radius 1 is 1.29 bits per heavy atom. The highest BCUT2D eigenvalue weighted by atomic mass is 32.2. The fraction of sp³-hybridized carbons (Fsp3) is 0.316. The fourth-order valence-electron chi connectivity index (χ4n) is 3.61. The number of para-hydroxylation sites is 1. The van der Waals surface area contributed by atoms with Crippen molar-refractivity contribution >= 4 is 53.0 Å². The number of thioether (sulfide) groups is 2. The molecule has 1 unspecified atom stereocenters. The van der Waals surface area contributed by atoms with Gasteiger partial charge in [0.1, 0.15) is 23.7 Å². The second-order valence-corrected chi connectivity index (χ2v) is 9.53. The molecular formula is C19H19N7O7S2. The maximum absolute atomic E-state index is 12.8. The Labute approximate surface area is 205 Å². The number of β-lactam (4-membered cyclic amide) rings is 1. The molecule has 2 aliphatic rings. The summed E-state index contributed by atoms with van der Waals surface area (Å²) in [4.78, 5) is 49.4. The largest absolute Gasteiger partial charge is 0.480 e. The highest BCUT2D eigenvalue weighted by Gasteiger charge is 2.54. The van der Waals surface area contributed by atoms with Crippen LogP contribution in [0.3, 0.4) is 0 Å². The van der Waals surface area contributed by atoms with Crippen LogP contribution in [0.2, 0.25) is 0 Å². The van der Waals surface area contributed by atoms with E-state index < -0.39 is 47.8 Å². The number of aliphatic hydroxyl groups excluding tert-OH is 1. The van der Waals surface area contributed by atoms with Crippen LogP contribution in [0.15, 0.2) is 40.7 Å². The van der Waals surface area contributed by atoms with E-state index in [0.717, 1.165) is 21.3 Å². The lowest BCUT2D eigenvalue weighted by Gasteiger charge is -2.49. The summed E-state index contributed by atoms with van der Waals surface area (Å²) in [6.07, 6.45) is -1.59. The standard InChI is InChI=1S/C19H19N7O7S2/c20-10-4-2-1-3-9(10)14(29)15(30)21-12-16(31)26-13(18(32)33)8(6-34-17(12)26)7-35-19-22-23-24-25(19)5-11(27)28/h1-4,12,14,17,29H,5-7,20H2,(H,21,30)(H,27,28)(H,32,33)/t12?,14-,17-/m1/s1. The number of nitrogens with zero attached hydrogens (tertiary/aromatic N) is 5. The van der Waals surface area contributed by atoms with Gasteiger partial charge in [-0.3, -0.25) is 19.3 Å². The summed E-state index contributed by atoms with van der Waals surface area (Å²) in [7, 11) is 0. The van der Waals surface area contributed by atoms with Crippen molar-refractivity contribution in [3.63, 3.8) is 0 Å². The lowest BCUT2D eigenvalue weighted by atomic mass is 10.0. The van der Waals surface area contributed by atoms with Gasteiger partial charge in [0, 0.05) is 22.8 Å². The van der Waals surface area contributed by atoms with Crippen LogP contribution in [-0.4, -0.2) is 87.1 Å². The molecule has 1 aromatic carbocycles. The van der Waals surface area contributed by atoms with Gasteiger partial charge >= 0.3 is 11.9 Å². The van der Waals surface area contributed by atoms with Gasteiger partial charge in [-0.2, -0.15) is 0 Å². The first-order valence-electron chi connectivity index (χ1n) is 10.0. The fourth-order valence-corrected chi connectivity index (χ4v) is 5.97. The number of amides is 2. The Balaban J connectivity index is 1.46. The summed E-state index contributed by atoms with van der Waals surface area (Å²) in [5, 5.41) is 41.8. The SMILES string of the molecule is Nc1ccccc1[C@@H](O)C(=O)NC1C(=O)N2C(C(=O)O)=C(CSc3nnnn3CC(=O)O)CS[C@H]12. The molecular weight excluding hydrogens is 502 g/mol. The number of nitrogens with one attached hydrogen (secondary N) is 1. The first kappa shape index (κ1) is 24.5. The van der Waals surface area contributed by atoms with Crippen LogP contribution in [0, 0.1) is 0 Å². The Bertz CT molecular complexity index is 1230. The van der Waals surface area contributed by atoms with Gasteiger partial charge < -0.3 is 26.4 Å². The van der Waals surface area contributed by atoms with Crippen molar-refractivity contribution in [3.05, 3.63) is 41.1 Å². The third-order valence-corrected chi connectivity index (χ3v) is 7.63. The minimum atomic E-state index is -1.59. The van der Waals surface area contributed by atoms with Crippen molar-refractivity contribution in [2.24, 2.45) is 0 Å². The van der Waals surface area contributed by atoms with Gasteiger partial charge in [-0.25, -0.2) is 9.48 Å². The van der Waals surface area contributed by atoms with Crippen molar-refractivity contribution in [1.82, 2.24) is 30.4 Å². The molecule has 3 heterocycles. The molecule has 0 spiro atoms. The summed E-state index contributed by atoms with van der Waals surface area (Å²) < 4.78 is 1.07. The number of carbonyl (C=O) groups excluding carboxylic acids is 2. The molecule has 0 aliphatic carbocycles. The Morgan fingerprint density at radius 3 is 2.71 bits per heavy atom. The van der Waals surface area contributed by atoms with Crippen LogP contribution in [0.5, 0.6) is 0 Å². The molecule has 2 aromatic rings. The molecule has 1 aromatic heterocycles. The smallest absolute Gasteiger partial charge is 0.352 e. The molecule has 0 bridgehead atoms. The van der Waals surface area contributed by atoms with E-state index in [2.05, 4.69) is 20.8 Å². The molecule has 35 heavy (non-hydrogen) atoms. The van der Waals surface area contributed by atoms with E-state index in [-0.39, 0.29) is 33.6 Å². The average Bonchev–Trinajstić information content (AvgIpc) is 3.26.